The van der Waals surface area contributed by atoms with Gasteiger partial charge in [0.2, 0.25) is 11.8 Å². The number of hydrogen-bond acceptors (Lipinski definition) is 5. The maximum Gasteiger partial charge on any atom is 0.230 e. The Balaban J connectivity index is 1.33. The maximum atomic E-state index is 13.5. The Hall–Kier alpha value is -3.49. The lowest BCUT2D eigenvalue weighted by atomic mass is 9.83. The number of likely N-dealkylation sites (N-methyl/N-ethyl adjacent to an activating group) is 1. The molecular formula is C35H45N3O4S. The van der Waals surface area contributed by atoms with Gasteiger partial charge in [-0.2, -0.15) is 0 Å². The van der Waals surface area contributed by atoms with Crippen LogP contribution in [-0.2, 0) is 31.3 Å². The average molecular weight is 604 g/mol. The number of nitrogens with zero attached hydrogens (tertiary/aromatic N) is 2. The van der Waals surface area contributed by atoms with E-state index < -0.39 is 15.3 Å². The van der Waals surface area contributed by atoms with Gasteiger partial charge in [0.05, 0.1) is 22.8 Å². The lowest BCUT2D eigenvalue weighted by Crippen LogP contribution is -2.48. The second-order valence-electron chi connectivity index (χ2n) is 12.1. The molecule has 0 aromatic heterocycles. The van der Waals surface area contributed by atoms with Crippen LogP contribution in [0, 0.1) is 0 Å². The number of piperidine rings is 1. The first-order chi connectivity index (χ1) is 20.5. The molecule has 0 bridgehead atoms. The molecule has 1 N–H and O–H groups in total. The van der Waals surface area contributed by atoms with Crippen molar-refractivity contribution >= 4 is 21.7 Å². The first-order valence-electron chi connectivity index (χ1n) is 15.2. The second kappa shape index (κ2) is 14.3. The number of nitrogens with one attached hydrogen (secondary N) is 1. The Bertz CT molecular complexity index is 1450. The molecule has 7 nitrogen and oxygen atoms in total. The molecule has 230 valence electrons. The number of carbonyl (C=O) groups excluding carboxylic acids is 2. The molecule has 43 heavy (non-hydrogen) atoms. The zero-order valence-corrected chi connectivity index (χ0v) is 26.6. The molecule has 0 unspecified atom stereocenters. The molecule has 3 aromatic carbocycles. The summed E-state index contributed by atoms with van der Waals surface area (Å²) < 4.78 is 23.5. The van der Waals surface area contributed by atoms with E-state index in [0.717, 1.165) is 55.6 Å². The highest BCUT2D eigenvalue weighted by molar-refractivity contribution is 7.90. The minimum absolute atomic E-state index is 0.00863. The Labute approximate surface area is 257 Å². The predicted octanol–water partition coefficient (Wildman–Crippen LogP) is 5.17. The van der Waals surface area contributed by atoms with Crippen LogP contribution in [0.25, 0.3) is 0 Å². The smallest absolute Gasteiger partial charge is 0.230 e. The van der Waals surface area contributed by atoms with Gasteiger partial charge in [-0.05, 0) is 68.9 Å². The summed E-state index contributed by atoms with van der Waals surface area (Å²) in [4.78, 5) is 31.4. The largest absolute Gasteiger partial charge is 0.348 e. The zero-order chi connectivity index (χ0) is 31.0. The van der Waals surface area contributed by atoms with E-state index in [-0.39, 0.29) is 35.2 Å². The summed E-state index contributed by atoms with van der Waals surface area (Å²) >= 11 is 0. The predicted molar refractivity (Wildman–Crippen MR) is 172 cm³/mol. The molecule has 1 aliphatic heterocycles. The van der Waals surface area contributed by atoms with Crippen LogP contribution in [0.3, 0.4) is 0 Å². The molecule has 0 spiro atoms. The molecule has 1 atom stereocenters. The van der Waals surface area contributed by atoms with Gasteiger partial charge in [0.15, 0.2) is 9.84 Å². The summed E-state index contributed by atoms with van der Waals surface area (Å²) in [6, 6.07) is 26.7. The molecule has 0 aliphatic carbocycles. The van der Waals surface area contributed by atoms with Crippen molar-refractivity contribution in [1.82, 2.24) is 15.1 Å². The highest BCUT2D eigenvalue weighted by atomic mass is 32.2. The van der Waals surface area contributed by atoms with Crippen molar-refractivity contribution in [2.75, 3.05) is 32.4 Å². The third-order valence-corrected chi connectivity index (χ3v) is 9.80. The van der Waals surface area contributed by atoms with E-state index in [0.29, 0.717) is 6.54 Å². The van der Waals surface area contributed by atoms with Crippen LogP contribution >= 0.6 is 0 Å². The minimum Gasteiger partial charge on any atom is -0.348 e. The van der Waals surface area contributed by atoms with Crippen LogP contribution in [-0.4, -0.2) is 68.5 Å². The fraction of sp³-hybridized carbons (Fsp3) is 0.429. The number of benzene rings is 3. The molecule has 2 amide bonds. The fourth-order valence-electron chi connectivity index (χ4n) is 5.87. The molecule has 1 aliphatic rings. The van der Waals surface area contributed by atoms with E-state index in [1.165, 1.54) is 6.26 Å². The third-order valence-electron chi connectivity index (χ3n) is 8.67. The number of hydrogen-bond donors (Lipinski definition) is 1. The summed E-state index contributed by atoms with van der Waals surface area (Å²) in [6.07, 6.45) is 4.04. The lowest BCUT2D eigenvalue weighted by molar-refractivity contribution is -0.133. The van der Waals surface area contributed by atoms with Gasteiger partial charge in [0.25, 0.3) is 0 Å². The van der Waals surface area contributed by atoms with Gasteiger partial charge in [-0.3, -0.25) is 9.59 Å². The van der Waals surface area contributed by atoms with Gasteiger partial charge in [0, 0.05) is 38.5 Å². The lowest BCUT2D eigenvalue weighted by Gasteiger charge is -2.39. The molecule has 4 rings (SSSR count). The minimum atomic E-state index is -3.26. The molecule has 8 heteroatoms. The van der Waals surface area contributed by atoms with E-state index in [1.54, 1.807) is 24.3 Å². The van der Waals surface area contributed by atoms with Gasteiger partial charge in [0.1, 0.15) is 0 Å². The summed E-state index contributed by atoms with van der Waals surface area (Å²) in [7, 11) is -3.26. The molecule has 1 fully saturated rings. The monoisotopic (exact) mass is 603 g/mol. The summed E-state index contributed by atoms with van der Waals surface area (Å²) in [6.45, 7) is 9.23. The van der Waals surface area contributed by atoms with Crippen molar-refractivity contribution in [3.63, 3.8) is 0 Å². The van der Waals surface area contributed by atoms with Crippen molar-refractivity contribution in [2.24, 2.45) is 0 Å². The van der Waals surface area contributed by atoms with Crippen molar-refractivity contribution in [3.05, 3.63) is 102 Å². The molecular weight excluding hydrogens is 558 g/mol. The Morgan fingerprint density at radius 3 is 2.07 bits per heavy atom. The number of rotatable bonds is 12. The Morgan fingerprint density at radius 2 is 1.51 bits per heavy atom. The van der Waals surface area contributed by atoms with Gasteiger partial charge in [-0.1, -0.05) is 72.8 Å². The second-order valence-corrected chi connectivity index (χ2v) is 14.1. The van der Waals surface area contributed by atoms with E-state index >= 15 is 0 Å². The average Bonchev–Trinajstić information content (AvgIpc) is 3.00. The van der Waals surface area contributed by atoms with Gasteiger partial charge in [-0.25, -0.2) is 8.42 Å². The van der Waals surface area contributed by atoms with Gasteiger partial charge >= 0.3 is 0 Å². The van der Waals surface area contributed by atoms with Crippen LogP contribution in [0.2, 0.25) is 0 Å². The van der Waals surface area contributed by atoms with Crippen LogP contribution in [0.5, 0.6) is 0 Å². The summed E-state index contributed by atoms with van der Waals surface area (Å²) in [5, 5.41) is 3.35. The van der Waals surface area contributed by atoms with E-state index in [9.17, 15) is 18.0 Å². The zero-order valence-electron chi connectivity index (χ0n) is 25.8. The van der Waals surface area contributed by atoms with E-state index in [4.69, 9.17) is 0 Å². The highest BCUT2D eigenvalue weighted by Crippen LogP contribution is 2.27. The van der Waals surface area contributed by atoms with Crippen LogP contribution in [0.15, 0.2) is 89.8 Å². The number of sulfone groups is 1. The molecule has 1 saturated heterocycles. The first kappa shape index (κ1) is 32.4. The van der Waals surface area contributed by atoms with E-state index in [1.807, 2.05) is 74.2 Å². The Morgan fingerprint density at radius 1 is 0.930 bits per heavy atom. The SMILES string of the molecule is CCN(C(=O)Cc1ccc(S(C)(=O)=O)cc1)C1CCN(CC[C@H](NC(=O)C(C)(C)c2ccccc2)c2ccccc2)CC1. The standard InChI is InChI=1S/C35H45N3O4S/c1-5-38(33(39)26-27-16-18-31(19-17-27)43(4,41)42)30-20-23-37(24-21-30)25-22-32(28-12-8-6-9-13-28)36-34(40)35(2,3)29-14-10-7-11-15-29/h6-19,30,32H,5,20-26H2,1-4H3,(H,36,40)/t32-/m0/s1. The van der Waals surface area contributed by atoms with Crippen LogP contribution < -0.4 is 5.32 Å². The third kappa shape index (κ3) is 8.54. The van der Waals surface area contributed by atoms with Crippen molar-refractivity contribution < 1.29 is 18.0 Å². The fourth-order valence-corrected chi connectivity index (χ4v) is 6.50. The molecule has 0 radical (unpaired) electrons. The highest BCUT2D eigenvalue weighted by Gasteiger charge is 2.32. The van der Waals surface area contributed by atoms with Crippen molar-refractivity contribution in [3.8, 4) is 0 Å². The summed E-state index contributed by atoms with van der Waals surface area (Å²) in [5.74, 6) is 0.0789. The van der Waals surface area contributed by atoms with Crippen molar-refractivity contribution in [1.29, 1.82) is 0 Å². The van der Waals surface area contributed by atoms with Crippen LogP contribution in [0.1, 0.15) is 62.8 Å². The molecule has 3 aromatic rings. The number of likely N-dealkylation sites (tertiary alicyclic amines) is 1. The maximum absolute atomic E-state index is 13.5. The van der Waals surface area contributed by atoms with Crippen LogP contribution in [0.4, 0.5) is 0 Å². The molecule has 1 heterocycles. The number of amides is 2. The topological polar surface area (TPSA) is 86.8 Å². The number of carbonyl (C=O) groups is 2. The normalized spacial score (nSPS) is 15.5. The first-order valence-corrected chi connectivity index (χ1v) is 17.1. The summed E-state index contributed by atoms with van der Waals surface area (Å²) in [5.41, 5.74) is 2.25. The van der Waals surface area contributed by atoms with Gasteiger partial charge < -0.3 is 15.1 Å². The van der Waals surface area contributed by atoms with E-state index in [2.05, 4.69) is 22.3 Å². The molecule has 0 saturated carbocycles. The quantitative estimate of drug-likeness (QED) is 0.309. The van der Waals surface area contributed by atoms with Gasteiger partial charge in [-0.15, -0.1) is 0 Å². The Kier molecular flexibility index (Phi) is 10.8. The van der Waals surface area contributed by atoms with Crippen molar-refractivity contribution in [2.45, 2.75) is 68.8 Å².